The number of rotatable bonds is 2. The maximum absolute atomic E-state index is 5.83. The van der Waals surface area contributed by atoms with E-state index in [2.05, 4.69) is 20.9 Å². The van der Waals surface area contributed by atoms with Crippen LogP contribution in [0.3, 0.4) is 0 Å². The summed E-state index contributed by atoms with van der Waals surface area (Å²) >= 11 is 9.19. The molecule has 0 atom stereocenters. The summed E-state index contributed by atoms with van der Waals surface area (Å²) in [6.07, 6.45) is 3.15. The molecule has 0 aliphatic rings. The molecule has 0 spiro atoms. The Labute approximate surface area is 106 Å². The average Bonchev–Trinajstić information content (AvgIpc) is 2.22. The predicted octanol–water partition coefficient (Wildman–Crippen LogP) is 3.87. The van der Waals surface area contributed by atoms with Gasteiger partial charge in [0.25, 0.3) is 0 Å². The molecule has 2 N–H and O–H groups in total. The molecule has 0 aliphatic heterocycles. The summed E-state index contributed by atoms with van der Waals surface area (Å²) in [7, 11) is 0. The normalized spacial score (nSPS) is 10.1. The smallest absolute Gasteiger partial charge is 0.147 e. The van der Waals surface area contributed by atoms with Crippen molar-refractivity contribution in [3.63, 3.8) is 0 Å². The lowest BCUT2D eigenvalue weighted by Gasteiger charge is -2.07. The van der Waals surface area contributed by atoms with Crippen LogP contribution in [0.25, 0.3) is 0 Å². The number of hydrogen-bond acceptors (Lipinski definition) is 3. The topological polar surface area (TPSA) is 48.1 Å². The number of halogens is 2. The van der Waals surface area contributed by atoms with Crippen LogP contribution in [0.1, 0.15) is 0 Å². The third kappa shape index (κ3) is 2.65. The van der Waals surface area contributed by atoms with Gasteiger partial charge in [-0.05, 0) is 34.1 Å². The Balaban J connectivity index is 2.27. The zero-order valence-corrected chi connectivity index (χ0v) is 10.5. The zero-order chi connectivity index (χ0) is 11.5. The molecule has 5 heteroatoms. The molecule has 2 aromatic rings. The van der Waals surface area contributed by atoms with E-state index < -0.39 is 0 Å². The molecule has 0 saturated heterocycles. The molecular weight excluding hydrogens is 291 g/mol. The van der Waals surface area contributed by atoms with Crippen molar-refractivity contribution in [2.75, 3.05) is 5.73 Å². The second kappa shape index (κ2) is 4.72. The number of nitrogens with zero attached hydrogens (tertiary/aromatic N) is 1. The van der Waals surface area contributed by atoms with Gasteiger partial charge in [0, 0.05) is 11.1 Å². The largest absolute Gasteiger partial charge is 0.454 e. The molecular formula is C11H8BrClN2O. The molecule has 1 aromatic heterocycles. The fourth-order valence-electron chi connectivity index (χ4n) is 1.18. The number of nitrogens with two attached hydrogens (primary N) is 1. The number of ether oxygens (including phenoxy) is 1. The van der Waals surface area contributed by atoms with Crippen molar-refractivity contribution >= 4 is 33.2 Å². The van der Waals surface area contributed by atoms with Gasteiger partial charge in [-0.1, -0.05) is 11.6 Å². The maximum atomic E-state index is 5.83. The highest BCUT2D eigenvalue weighted by Gasteiger charge is 2.03. The third-order valence-corrected chi connectivity index (χ3v) is 2.71. The lowest BCUT2D eigenvalue weighted by molar-refractivity contribution is 0.477. The molecule has 0 fully saturated rings. The quantitative estimate of drug-likeness (QED) is 0.915. The Hall–Kier alpha value is -1.26. The van der Waals surface area contributed by atoms with Crippen molar-refractivity contribution in [2.24, 2.45) is 0 Å². The van der Waals surface area contributed by atoms with Crippen LogP contribution in [0, 0.1) is 0 Å². The Kier molecular flexibility index (Phi) is 3.31. The molecule has 1 aromatic carbocycles. The van der Waals surface area contributed by atoms with E-state index >= 15 is 0 Å². The van der Waals surface area contributed by atoms with Crippen molar-refractivity contribution in [3.8, 4) is 11.5 Å². The van der Waals surface area contributed by atoms with E-state index in [1.54, 1.807) is 36.7 Å². The first-order chi connectivity index (χ1) is 7.65. The minimum Gasteiger partial charge on any atom is -0.454 e. The number of anilines is 1. The highest BCUT2D eigenvalue weighted by atomic mass is 79.9. The Morgan fingerprint density at radius 2 is 2.06 bits per heavy atom. The first-order valence-corrected chi connectivity index (χ1v) is 5.65. The minimum absolute atomic E-state index is 0.558. The standard InChI is InChI=1S/C11H8BrClN2O/c12-10-3-7(13)1-2-11(10)16-9-4-8(14)5-15-6-9/h1-6H,14H2. The number of aromatic nitrogens is 1. The number of pyridine rings is 1. The molecule has 16 heavy (non-hydrogen) atoms. The highest BCUT2D eigenvalue weighted by Crippen LogP contribution is 2.31. The van der Waals surface area contributed by atoms with Crippen LogP contribution in [0.2, 0.25) is 5.02 Å². The lowest BCUT2D eigenvalue weighted by Crippen LogP contribution is -1.90. The lowest BCUT2D eigenvalue weighted by atomic mass is 10.3. The van der Waals surface area contributed by atoms with Crippen LogP contribution >= 0.6 is 27.5 Å². The first kappa shape index (κ1) is 11.2. The van der Waals surface area contributed by atoms with Crippen molar-refractivity contribution in [1.82, 2.24) is 4.98 Å². The maximum Gasteiger partial charge on any atom is 0.147 e. The van der Waals surface area contributed by atoms with Crippen molar-refractivity contribution in [1.29, 1.82) is 0 Å². The van der Waals surface area contributed by atoms with Gasteiger partial charge < -0.3 is 10.5 Å². The number of nitrogen functional groups attached to an aromatic ring is 1. The summed E-state index contributed by atoms with van der Waals surface area (Å²) in [5, 5.41) is 0.643. The molecule has 0 saturated carbocycles. The van der Waals surface area contributed by atoms with Gasteiger partial charge in [-0.2, -0.15) is 0 Å². The zero-order valence-electron chi connectivity index (χ0n) is 8.15. The first-order valence-electron chi connectivity index (χ1n) is 4.48. The third-order valence-electron chi connectivity index (χ3n) is 1.86. The van der Waals surface area contributed by atoms with E-state index in [0.717, 1.165) is 4.47 Å². The Morgan fingerprint density at radius 1 is 1.25 bits per heavy atom. The Morgan fingerprint density at radius 3 is 2.75 bits per heavy atom. The molecule has 82 valence electrons. The van der Waals surface area contributed by atoms with E-state index in [0.29, 0.717) is 22.2 Å². The van der Waals surface area contributed by atoms with Crippen LogP contribution in [0.5, 0.6) is 11.5 Å². The van der Waals surface area contributed by atoms with Gasteiger partial charge in [0.2, 0.25) is 0 Å². The van der Waals surface area contributed by atoms with Gasteiger partial charge >= 0.3 is 0 Å². The van der Waals surface area contributed by atoms with E-state index in [4.69, 9.17) is 22.1 Å². The summed E-state index contributed by atoms with van der Waals surface area (Å²) in [6, 6.07) is 6.99. The molecule has 2 rings (SSSR count). The average molecular weight is 300 g/mol. The molecule has 0 bridgehead atoms. The van der Waals surface area contributed by atoms with Crippen LogP contribution in [0.15, 0.2) is 41.1 Å². The number of benzene rings is 1. The van der Waals surface area contributed by atoms with Crippen molar-refractivity contribution < 1.29 is 4.74 Å². The highest BCUT2D eigenvalue weighted by molar-refractivity contribution is 9.10. The van der Waals surface area contributed by atoms with Gasteiger partial charge in [0.05, 0.1) is 22.6 Å². The van der Waals surface area contributed by atoms with Gasteiger partial charge in [-0.15, -0.1) is 0 Å². The van der Waals surface area contributed by atoms with Crippen molar-refractivity contribution in [3.05, 3.63) is 46.2 Å². The second-order valence-electron chi connectivity index (χ2n) is 3.13. The van der Waals surface area contributed by atoms with Crippen LogP contribution in [-0.4, -0.2) is 4.98 Å². The molecule has 0 amide bonds. The summed E-state index contributed by atoms with van der Waals surface area (Å²) < 4.78 is 6.38. The Bertz CT molecular complexity index is 519. The van der Waals surface area contributed by atoms with E-state index in [-0.39, 0.29) is 0 Å². The van der Waals surface area contributed by atoms with Gasteiger partial charge in [-0.25, -0.2) is 0 Å². The predicted molar refractivity (Wildman–Crippen MR) is 67.9 cm³/mol. The summed E-state index contributed by atoms with van der Waals surface area (Å²) in [4.78, 5) is 3.94. The van der Waals surface area contributed by atoms with Gasteiger partial charge in [0.1, 0.15) is 11.5 Å². The van der Waals surface area contributed by atoms with E-state index in [1.807, 2.05) is 0 Å². The molecule has 0 aliphatic carbocycles. The minimum atomic E-state index is 0.558. The van der Waals surface area contributed by atoms with E-state index in [1.165, 1.54) is 0 Å². The van der Waals surface area contributed by atoms with Gasteiger partial charge in [0.15, 0.2) is 0 Å². The van der Waals surface area contributed by atoms with Crippen LogP contribution in [-0.2, 0) is 0 Å². The van der Waals surface area contributed by atoms with Gasteiger partial charge in [-0.3, -0.25) is 4.98 Å². The fourth-order valence-corrected chi connectivity index (χ4v) is 1.94. The van der Waals surface area contributed by atoms with Crippen LogP contribution < -0.4 is 10.5 Å². The fraction of sp³-hybridized carbons (Fsp3) is 0. The SMILES string of the molecule is Nc1cncc(Oc2ccc(Cl)cc2Br)c1. The summed E-state index contributed by atoms with van der Waals surface area (Å²) in [5.41, 5.74) is 6.16. The summed E-state index contributed by atoms with van der Waals surface area (Å²) in [5.74, 6) is 1.25. The molecule has 3 nitrogen and oxygen atoms in total. The van der Waals surface area contributed by atoms with E-state index in [9.17, 15) is 0 Å². The molecule has 0 unspecified atom stereocenters. The summed E-state index contributed by atoms with van der Waals surface area (Å²) in [6.45, 7) is 0. The number of hydrogen-bond donors (Lipinski definition) is 1. The molecule has 1 heterocycles. The second-order valence-corrected chi connectivity index (χ2v) is 4.42. The molecule has 0 radical (unpaired) electrons. The van der Waals surface area contributed by atoms with Crippen molar-refractivity contribution in [2.45, 2.75) is 0 Å². The monoisotopic (exact) mass is 298 g/mol. The van der Waals surface area contributed by atoms with Crippen LogP contribution in [0.4, 0.5) is 5.69 Å².